The monoisotopic (exact) mass is 667 g/mol. The summed E-state index contributed by atoms with van der Waals surface area (Å²) < 4.78 is 0. The SMILES string of the molecule is C=C/C(=C\C=CC1=CC=N1)N(C1=CC(C(/C=C\CN=C/C=C\C=C/C)=C/C(=C)C(=C)/C=C\C=C/C)C=C1)c1ccc2c(c1)C(C)(C)C1=C2CC=C1. The van der Waals surface area contributed by atoms with Crippen LogP contribution in [0.4, 0.5) is 5.69 Å². The van der Waals surface area contributed by atoms with Gasteiger partial charge in [0, 0.05) is 40.8 Å². The van der Waals surface area contributed by atoms with Gasteiger partial charge in [0.15, 0.2) is 0 Å². The lowest BCUT2D eigenvalue weighted by Gasteiger charge is -2.29. The zero-order valence-electron chi connectivity index (χ0n) is 30.5. The van der Waals surface area contributed by atoms with Crippen LogP contribution in [-0.2, 0) is 5.41 Å². The summed E-state index contributed by atoms with van der Waals surface area (Å²) in [5, 5.41) is 0. The molecule has 3 aliphatic carbocycles. The molecule has 3 nitrogen and oxygen atoms in total. The molecular weight excluding hydrogens is 619 g/mol. The van der Waals surface area contributed by atoms with E-state index in [1.165, 1.54) is 22.3 Å². The van der Waals surface area contributed by atoms with Gasteiger partial charge in [-0.25, -0.2) is 0 Å². The summed E-state index contributed by atoms with van der Waals surface area (Å²) in [7, 11) is 0. The third-order valence-electron chi connectivity index (χ3n) is 9.28. The molecule has 0 saturated heterocycles. The van der Waals surface area contributed by atoms with Crippen LogP contribution in [0.2, 0.25) is 0 Å². The van der Waals surface area contributed by atoms with Gasteiger partial charge in [-0.15, -0.1) is 0 Å². The molecule has 1 atom stereocenters. The Labute approximate surface area is 305 Å². The van der Waals surface area contributed by atoms with E-state index in [9.17, 15) is 0 Å². The highest BCUT2D eigenvalue weighted by Crippen LogP contribution is 2.51. The van der Waals surface area contributed by atoms with Gasteiger partial charge in [0.05, 0.1) is 12.2 Å². The minimum Gasteiger partial charge on any atom is -0.311 e. The molecule has 256 valence electrons. The van der Waals surface area contributed by atoms with Crippen LogP contribution < -0.4 is 4.90 Å². The molecule has 0 radical (unpaired) electrons. The summed E-state index contributed by atoms with van der Waals surface area (Å²) in [5.74, 6) is 0.0129. The standard InChI is InChI=1S/C48H49N3/c1-8-11-13-15-30-49-31-18-20-38(33-37(5)36(4)19-14-12-9-2)39-25-26-42(34-39)51(41(10-3)22-16-21-40-29-32-50-40)43-27-28-45-44-23-17-24-46(44)48(6,7)47(45)35-43/h8-22,24-30,32-35,39H,3-5,23,31H2,1-2,6-7H3/b11-8-,12-9-,15-13-,19-14-,20-18-,21-16?,38-33+,41-22+,49-30?. The van der Waals surface area contributed by atoms with Gasteiger partial charge >= 0.3 is 0 Å². The van der Waals surface area contributed by atoms with Crippen LogP contribution in [0.5, 0.6) is 0 Å². The predicted molar refractivity (Wildman–Crippen MR) is 224 cm³/mol. The number of benzene rings is 1. The van der Waals surface area contributed by atoms with Gasteiger partial charge in [-0.3, -0.25) is 9.98 Å². The molecule has 0 spiro atoms. The lowest BCUT2D eigenvalue weighted by atomic mass is 9.81. The summed E-state index contributed by atoms with van der Waals surface area (Å²) in [5.41, 5.74) is 12.4. The fourth-order valence-corrected chi connectivity index (χ4v) is 6.52. The number of rotatable bonds is 16. The molecule has 0 saturated carbocycles. The number of fused-ring (bicyclic) bond motifs is 2. The third-order valence-corrected chi connectivity index (χ3v) is 9.28. The Morgan fingerprint density at radius 1 is 1.00 bits per heavy atom. The lowest BCUT2D eigenvalue weighted by Crippen LogP contribution is -2.21. The molecule has 5 rings (SSSR count). The van der Waals surface area contributed by atoms with Gasteiger partial charge in [-0.2, -0.15) is 0 Å². The molecule has 0 N–H and O–H groups in total. The van der Waals surface area contributed by atoms with E-state index in [2.05, 4.69) is 121 Å². The van der Waals surface area contributed by atoms with Crippen molar-refractivity contribution in [1.29, 1.82) is 0 Å². The van der Waals surface area contributed by atoms with Crippen molar-refractivity contribution in [2.24, 2.45) is 15.9 Å². The number of aliphatic imine (C=N–C) groups is 2. The maximum atomic E-state index is 4.53. The van der Waals surface area contributed by atoms with E-state index >= 15 is 0 Å². The first-order valence-electron chi connectivity index (χ1n) is 17.6. The Hall–Kier alpha value is -5.80. The van der Waals surface area contributed by atoms with Crippen LogP contribution in [-0.4, -0.2) is 19.0 Å². The Morgan fingerprint density at radius 2 is 1.80 bits per heavy atom. The van der Waals surface area contributed by atoms with E-state index in [0.717, 1.165) is 45.9 Å². The van der Waals surface area contributed by atoms with E-state index in [0.29, 0.717) is 6.54 Å². The van der Waals surface area contributed by atoms with Crippen molar-refractivity contribution in [2.75, 3.05) is 11.4 Å². The maximum absolute atomic E-state index is 4.53. The topological polar surface area (TPSA) is 28.0 Å². The molecule has 3 heteroatoms. The molecule has 1 aromatic rings. The minimum absolute atomic E-state index is 0.0129. The molecule has 1 unspecified atom stereocenters. The van der Waals surface area contributed by atoms with Crippen molar-refractivity contribution in [2.45, 2.75) is 39.5 Å². The molecule has 4 aliphatic rings. The van der Waals surface area contributed by atoms with Crippen molar-refractivity contribution in [3.05, 3.63) is 216 Å². The Bertz CT molecular complexity index is 2020. The summed E-state index contributed by atoms with van der Waals surface area (Å²) in [4.78, 5) is 11.1. The average molecular weight is 668 g/mol. The van der Waals surface area contributed by atoms with Gasteiger partial charge in [0.25, 0.3) is 0 Å². The molecule has 51 heavy (non-hydrogen) atoms. The van der Waals surface area contributed by atoms with Gasteiger partial charge in [-0.1, -0.05) is 125 Å². The zero-order valence-corrected chi connectivity index (χ0v) is 30.5. The third kappa shape index (κ3) is 8.69. The molecule has 1 heterocycles. The molecule has 1 aliphatic heterocycles. The van der Waals surface area contributed by atoms with Crippen LogP contribution in [0.15, 0.2) is 215 Å². The zero-order chi connectivity index (χ0) is 36.2. The van der Waals surface area contributed by atoms with Crippen LogP contribution in [0.3, 0.4) is 0 Å². The molecular formula is C48H49N3. The summed E-state index contributed by atoms with van der Waals surface area (Å²) in [6.07, 6.45) is 48.3. The fraction of sp³-hybridized carbons (Fsp3) is 0.167. The van der Waals surface area contributed by atoms with Gasteiger partial charge < -0.3 is 4.90 Å². The Kier molecular flexibility index (Phi) is 12.3. The Balaban J connectivity index is 1.52. The van der Waals surface area contributed by atoms with E-state index < -0.39 is 0 Å². The number of anilines is 1. The highest BCUT2D eigenvalue weighted by atomic mass is 15.2. The molecule has 0 aromatic heterocycles. The van der Waals surface area contributed by atoms with Gasteiger partial charge in [0.1, 0.15) is 0 Å². The van der Waals surface area contributed by atoms with E-state index in [4.69, 9.17) is 0 Å². The summed E-state index contributed by atoms with van der Waals surface area (Å²) in [6.45, 7) is 22.1. The van der Waals surface area contributed by atoms with E-state index in [1.54, 1.807) is 0 Å². The second-order valence-corrected chi connectivity index (χ2v) is 13.1. The molecule has 0 fully saturated rings. The normalized spacial score (nSPS) is 19.6. The first-order valence-corrected chi connectivity index (χ1v) is 17.6. The first-order chi connectivity index (χ1) is 24.8. The number of allylic oxidation sites excluding steroid dienone is 25. The second-order valence-electron chi connectivity index (χ2n) is 13.1. The smallest absolute Gasteiger partial charge is 0.0644 e. The van der Waals surface area contributed by atoms with E-state index in [-0.39, 0.29) is 11.3 Å². The quantitative estimate of drug-likeness (QED) is 0.127. The summed E-state index contributed by atoms with van der Waals surface area (Å²) in [6, 6.07) is 6.91. The number of nitrogens with zero attached hydrogens (tertiary/aromatic N) is 3. The summed E-state index contributed by atoms with van der Waals surface area (Å²) >= 11 is 0. The van der Waals surface area contributed by atoms with Crippen LogP contribution in [0.1, 0.15) is 45.2 Å². The van der Waals surface area contributed by atoms with Crippen LogP contribution in [0, 0.1) is 5.92 Å². The average Bonchev–Trinajstić information content (AvgIpc) is 3.84. The van der Waals surface area contributed by atoms with Crippen molar-refractivity contribution in [3.8, 4) is 0 Å². The highest BCUT2D eigenvalue weighted by molar-refractivity contribution is 5.87. The molecule has 0 bridgehead atoms. The molecule has 0 amide bonds. The van der Waals surface area contributed by atoms with E-state index in [1.807, 2.05) is 99.2 Å². The first kappa shape index (κ1) is 36.5. The van der Waals surface area contributed by atoms with Crippen LogP contribution >= 0.6 is 0 Å². The van der Waals surface area contributed by atoms with Crippen molar-refractivity contribution < 1.29 is 0 Å². The predicted octanol–water partition coefficient (Wildman–Crippen LogP) is 12.1. The highest BCUT2D eigenvalue weighted by Gasteiger charge is 2.38. The maximum Gasteiger partial charge on any atom is 0.0644 e. The van der Waals surface area contributed by atoms with Crippen molar-refractivity contribution >= 4 is 23.7 Å². The minimum atomic E-state index is -0.0652. The van der Waals surface area contributed by atoms with Crippen LogP contribution in [0.25, 0.3) is 5.57 Å². The van der Waals surface area contributed by atoms with Gasteiger partial charge in [0.2, 0.25) is 0 Å². The van der Waals surface area contributed by atoms with Crippen molar-refractivity contribution in [3.63, 3.8) is 0 Å². The fourth-order valence-electron chi connectivity index (χ4n) is 6.52. The van der Waals surface area contributed by atoms with Gasteiger partial charge in [-0.05, 0) is 114 Å². The largest absolute Gasteiger partial charge is 0.311 e. The molecule has 1 aromatic carbocycles. The number of hydrogen-bond acceptors (Lipinski definition) is 3. The Morgan fingerprint density at radius 3 is 2.55 bits per heavy atom. The lowest BCUT2D eigenvalue weighted by molar-refractivity contribution is 0.655. The number of hydrogen-bond donors (Lipinski definition) is 0. The van der Waals surface area contributed by atoms with Crippen molar-refractivity contribution in [1.82, 2.24) is 0 Å². The second kappa shape index (κ2) is 17.2.